The number of hydrogen-bond donors (Lipinski definition) is 0. The summed E-state index contributed by atoms with van der Waals surface area (Å²) in [7, 11) is 0. The van der Waals surface area contributed by atoms with Crippen molar-refractivity contribution in [2.45, 2.75) is 13.3 Å². The molecule has 0 aliphatic heterocycles. The van der Waals surface area contributed by atoms with E-state index < -0.39 is 0 Å². The summed E-state index contributed by atoms with van der Waals surface area (Å²) in [5.74, 6) is 2.08. The molecule has 90 valence electrons. The summed E-state index contributed by atoms with van der Waals surface area (Å²) < 4.78 is 10.6. The predicted molar refractivity (Wildman–Crippen MR) is 66.8 cm³/mol. The standard InChI is InChI=1S/C14H12N2O2/c1-2-13-15-14(18-16-13)11-6-3-5-10(9-11)12-7-4-8-17-12/h3-9H,2H2,1H3. The number of hydrogen-bond acceptors (Lipinski definition) is 4. The fourth-order valence-corrected chi connectivity index (χ4v) is 1.76. The van der Waals surface area contributed by atoms with E-state index in [0.717, 1.165) is 23.3 Å². The van der Waals surface area contributed by atoms with E-state index in [2.05, 4.69) is 10.1 Å². The minimum absolute atomic E-state index is 0.542. The maximum atomic E-state index is 5.37. The molecule has 3 aromatic rings. The highest BCUT2D eigenvalue weighted by Gasteiger charge is 2.09. The van der Waals surface area contributed by atoms with Gasteiger partial charge in [-0.15, -0.1) is 0 Å². The average molecular weight is 240 g/mol. The molecule has 18 heavy (non-hydrogen) atoms. The van der Waals surface area contributed by atoms with Gasteiger partial charge in [-0.2, -0.15) is 4.98 Å². The van der Waals surface area contributed by atoms with Gasteiger partial charge in [-0.3, -0.25) is 0 Å². The first-order valence-corrected chi connectivity index (χ1v) is 5.83. The lowest BCUT2D eigenvalue weighted by molar-refractivity contribution is 0.423. The fraction of sp³-hybridized carbons (Fsp3) is 0.143. The molecule has 4 nitrogen and oxygen atoms in total. The Kier molecular flexibility index (Phi) is 2.68. The highest BCUT2D eigenvalue weighted by atomic mass is 16.5. The lowest BCUT2D eigenvalue weighted by Gasteiger charge is -1.98. The van der Waals surface area contributed by atoms with Gasteiger partial charge in [-0.05, 0) is 24.3 Å². The van der Waals surface area contributed by atoms with Crippen LogP contribution in [-0.2, 0) is 6.42 Å². The number of furan rings is 1. The van der Waals surface area contributed by atoms with E-state index in [9.17, 15) is 0 Å². The summed E-state index contributed by atoms with van der Waals surface area (Å²) in [4.78, 5) is 4.31. The molecule has 0 aliphatic carbocycles. The molecule has 2 heterocycles. The van der Waals surface area contributed by atoms with Gasteiger partial charge in [0.1, 0.15) is 5.76 Å². The third-order valence-electron chi connectivity index (χ3n) is 2.70. The van der Waals surface area contributed by atoms with Crippen LogP contribution in [0, 0.1) is 0 Å². The van der Waals surface area contributed by atoms with Crippen molar-refractivity contribution in [2.24, 2.45) is 0 Å². The van der Waals surface area contributed by atoms with E-state index in [4.69, 9.17) is 8.94 Å². The molecule has 4 heteroatoms. The SMILES string of the molecule is CCc1noc(-c2cccc(-c3ccco3)c2)n1. The van der Waals surface area contributed by atoms with Gasteiger partial charge in [0.25, 0.3) is 5.89 Å². The van der Waals surface area contributed by atoms with Gasteiger partial charge in [0.15, 0.2) is 5.82 Å². The quantitative estimate of drug-likeness (QED) is 0.702. The van der Waals surface area contributed by atoms with Crippen molar-refractivity contribution in [3.63, 3.8) is 0 Å². The molecule has 0 saturated heterocycles. The second kappa shape index (κ2) is 4.49. The molecule has 3 rings (SSSR count). The van der Waals surface area contributed by atoms with Crippen LogP contribution in [0.5, 0.6) is 0 Å². The van der Waals surface area contributed by atoms with Gasteiger partial charge in [-0.1, -0.05) is 24.2 Å². The van der Waals surface area contributed by atoms with Crippen LogP contribution in [0.2, 0.25) is 0 Å². The molecule has 0 N–H and O–H groups in total. The van der Waals surface area contributed by atoms with Gasteiger partial charge >= 0.3 is 0 Å². The van der Waals surface area contributed by atoms with E-state index in [1.807, 2.05) is 43.3 Å². The zero-order valence-electron chi connectivity index (χ0n) is 9.96. The Bertz CT molecular complexity index is 641. The van der Waals surface area contributed by atoms with Crippen molar-refractivity contribution >= 4 is 0 Å². The molecule has 0 fully saturated rings. The van der Waals surface area contributed by atoms with Crippen LogP contribution in [0.4, 0.5) is 0 Å². The number of aromatic nitrogens is 2. The van der Waals surface area contributed by atoms with Gasteiger partial charge in [0, 0.05) is 17.5 Å². The fourth-order valence-electron chi connectivity index (χ4n) is 1.76. The third-order valence-corrected chi connectivity index (χ3v) is 2.70. The molecule has 0 atom stereocenters. The van der Waals surface area contributed by atoms with Crippen LogP contribution in [0.25, 0.3) is 22.8 Å². The second-order valence-corrected chi connectivity index (χ2v) is 3.93. The second-order valence-electron chi connectivity index (χ2n) is 3.93. The Morgan fingerprint density at radius 2 is 2.00 bits per heavy atom. The van der Waals surface area contributed by atoms with Crippen molar-refractivity contribution in [1.29, 1.82) is 0 Å². The third kappa shape index (κ3) is 1.93. The van der Waals surface area contributed by atoms with Gasteiger partial charge in [-0.25, -0.2) is 0 Å². The highest BCUT2D eigenvalue weighted by Crippen LogP contribution is 2.25. The van der Waals surface area contributed by atoms with Crippen LogP contribution in [0.3, 0.4) is 0 Å². The van der Waals surface area contributed by atoms with Crippen molar-refractivity contribution < 1.29 is 8.94 Å². The molecule has 0 amide bonds. The minimum Gasteiger partial charge on any atom is -0.464 e. The van der Waals surface area contributed by atoms with Crippen LogP contribution in [0.1, 0.15) is 12.7 Å². The van der Waals surface area contributed by atoms with E-state index in [1.165, 1.54) is 0 Å². The Morgan fingerprint density at radius 3 is 2.72 bits per heavy atom. The van der Waals surface area contributed by atoms with E-state index in [0.29, 0.717) is 11.7 Å². The maximum Gasteiger partial charge on any atom is 0.257 e. The Morgan fingerprint density at radius 1 is 1.11 bits per heavy atom. The molecule has 0 unspecified atom stereocenters. The summed E-state index contributed by atoms with van der Waals surface area (Å²) in [6.07, 6.45) is 2.42. The largest absolute Gasteiger partial charge is 0.464 e. The van der Waals surface area contributed by atoms with Crippen LogP contribution in [0.15, 0.2) is 51.6 Å². The first-order chi connectivity index (χ1) is 8.86. The Labute approximate surface area is 104 Å². The number of benzene rings is 1. The van der Waals surface area contributed by atoms with Crippen molar-refractivity contribution in [1.82, 2.24) is 10.1 Å². The molecule has 2 aromatic heterocycles. The summed E-state index contributed by atoms with van der Waals surface area (Å²) >= 11 is 0. The number of rotatable bonds is 3. The smallest absolute Gasteiger partial charge is 0.257 e. The molecule has 0 radical (unpaired) electrons. The molecular weight excluding hydrogens is 228 g/mol. The maximum absolute atomic E-state index is 5.37. The van der Waals surface area contributed by atoms with Gasteiger partial charge in [0.2, 0.25) is 0 Å². The molecule has 0 spiro atoms. The number of aryl methyl sites for hydroxylation is 1. The summed E-state index contributed by atoms with van der Waals surface area (Å²) in [5.41, 5.74) is 1.89. The van der Waals surface area contributed by atoms with Crippen LogP contribution < -0.4 is 0 Å². The normalized spacial score (nSPS) is 10.7. The average Bonchev–Trinajstić information content (AvgIpc) is 3.10. The van der Waals surface area contributed by atoms with E-state index in [1.54, 1.807) is 6.26 Å². The first kappa shape index (κ1) is 10.8. The zero-order valence-corrected chi connectivity index (χ0v) is 9.96. The van der Waals surface area contributed by atoms with Crippen LogP contribution >= 0.6 is 0 Å². The Hall–Kier alpha value is -2.36. The highest BCUT2D eigenvalue weighted by molar-refractivity contribution is 5.66. The molecule has 0 saturated carbocycles. The molecule has 0 aliphatic rings. The summed E-state index contributed by atoms with van der Waals surface area (Å²) in [6.45, 7) is 1.99. The molecule has 0 bridgehead atoms. The van der Waals surface area contributed by atoms with E-state index in [-0.39, 0.29) is 0 Å². The molecule has 1 aromatic carbocycles. The van der Waals surface area contributed by atoms with Gasteiger partial charge in [0.05, 0.1) is 6.26 Å². The lowest BCUT2D eigenvalue weighted by atomic mass is 10.1. The van der Waals surface area contributed by atoms with E-state index >= 15 is 0 Å². The minimum atomic E-state index is 0.542. The topological polar surface area (TPSA) is 52.1 Å². The van der Waals surface area contributed by atoms with Crippen LogP contribution in [-0.4, -0.2) is 10.1 Å². The molecular formula is C14H12N2O2. The number of nitrogens with zero attached hydrogens (tertiary/aromatic N) is 2. The summed E-state index contributed by atoms with van der Waals surface area (Å²) in [6, 6.07) is 11.6. The van der Waals surface area contributed by atoms with Crippen molar-refractivity contribution in [2.75, 3.05) is 0 Å². The first-order valence-electron chi connectivity index (χ1n) is 5.83. The van der Waals surface area contributed by atoms with Crippen molar-refractivity contribution in [3.8, 4) is 22.8 Å². The lowest BCUT2D eigenvalue weighted by Crippen LogP contribution is -1.83. The van der Waals surface area contributed by atoms with Crippen molar-refractivity contribution in [3.05, 3.63) is 48.5 Å². The predicted octanol–water partition coefficient (Wildman–Crippen LogP) is 3.56. The zero-order chi connectivity index (χ0) is 12.4. The summed E-state index contributed by atoms with van der Waals surface area (Å²) in [5, 5.41) is 3.89. The van der Waals surface area contributed by atoms with Gasteiger partial charge < -0.3 is 8.94 Å². The Balaban J connectivity index is 2.00. The monoisotopic (exact) mass is 240 g/mol.